The van der Waals surface area contributed by atoms with Crippen molar-refractivity contribution < 1.29 is 0 Å². The van der Waals surface area contributed by atoms with Crippen LogP contribution in [-0.4, -0.2) is 58.3 Å². The Morgan fingerprint density at radius 1 is 1.07 bits per heavy atom. The van der Waals surface area contributed by atoms with E-state index in [-0.39, 0.29) is 0 Å². The van der Waals surface area contributed by atoms with E-state index in [2.05, 4.69) is 65.6 Å². The molecule has 2 aromatic rings. The molecule has 1 fully saturated rings. The fourth-order valence-electron chi connectivity index (χ4n) is 4.61. The molecular formula is C23H35N7. The molecule has 2 N–H and O–H groups in total. The van der Waals surface area contributed by atoms with E-state index in [4.69, 9.17) is 0 Å². The summed E-state index contributed by atoms with van der Waals surface area (Å²) in [4.78, 5) is 7.00. The molecule has 4 rings (SSSR count). The third kappa shape index (κ3) is 5.39. The van der Waals surface area contributed by atoms with Gasteiger partial charge < -0.3 is 15.2 Å². The van der Waals surface area contributed by atoms with Crippen molar-refractivity contribution in [3.05, 3.63) is 47.5 Å². The summed E-state index contributed by atoms with van der Waals surface area (Å²) >= 11 is 0. The summed E-state index contributed by atoms with van der Waals surface area (Å²) in [6.07, 6.45) is 8.19. The molecule has 1 aromatic heterocycles. The van der Waals surface area contributed by atoms with Crippen LogP contribution in [0.5, 0.6) is 0 Å². The van der Waals surface area contributed by atoms with E-state index >= 15 is 0 Å². The van der Waals surface area contributed by atoms with Gasteiger partial charge in [-0.2, -0.15) is 0 Å². The van der Waals surface area contributed by atoms with E-state index in [9.17, 15) is 0 Å². The van der Waals surface area contributed by atoms with Crippen molar-refractivity contribution in [2.24, 2.45) is 4.99 Å². The largest absolute Gasteiger partial charge is 0.356 e. The summed E-state index contributed by atoms with van der Waals surface area (Å²) in [5.74, 6) is 3.13. The summed E-state index contributed by atoms with van der Waals surface area (Å²) in [6, 6.07) is 11.3. The quantitative estimate of drug-likeness (QED) is 0.543. The van der Waals surface area contributed by atoms with Gasteiger partial charge in [-0.25, -0.2) is 0 Å². The van der Waals surface area contributed by atoms with Gasteiger partial charge in [-0.15, -0.1) is 10.2 Å². The van der Waals surface area contributed by atoms with Gasteiger partial charge in [0.2, 0.25) is 0 Å². The van der Waals surface area contributed by atoms with Crippen LogP contribution in [0.15, 0.2) is 35.3 Å². The molecule has 162 valence electrons. The molecule has 0 saturated carbocycles. The molecule has 1 aromatic carbocycles. The number of benzene rings is 1. The number of aryl methyl sites for hydroxylation is 1. The van der Waals surface area contributed by atoms with Crippen LogP contribution in [0.3, 0.4) is 0 Å². The first-order valence-corrected chi connectivity index (χ1v) is 11.5. The molecular weight excluding hydrogens is 374 g/mol. The smallest absolute Gasteiger partial charge is 0.191 e. The Hall–Kier alpha value is -2.41. The number of hydrogen-bond acceptors (Lipinski definition) is 4. The summed E-state index contributed by atoms with van der Waals surface area (Å²) < 4.78 is 2.32. The third-order valence-corrected chi connectivity index (χ3v) is 6.28. The van der Waals surface area contributed by atoms with Crippen LogP contribution in [0.4, 0.5) is 0 Å². The summed E-state index contributed by atoms with van der Waals surface area (Å²) in [5, 5.41) is 15.8. The lowest BCUT2D eigenvalue weighted by atomic mass is 10.2. The molecule has 2 aliphatic heterocycles. The molecule has 0 spiro atoms. The number of likely N-dealkylation sites (tertiary alicyclic amines) is 1. The molecule has 0 amide bonds. The first-order valence-electron chi connectivity index (χ1n) is 11.5. The minimum absolute atomic E-state index is 0.552. The third-order valence-electron chi connectivity index (χ3n) is 6.28. The Morgan fingerprint density at radius 3 is 2.83 bits per heavy atom. The highest BCUT2D eigenvalue weighted by Crippen LogP contribution is 2.19. The SMILES string of the molecule is CN=C(NCCc1nnc2n1CCCCC2)NCC1CCCN1Cc1ccccc1. The Morgan fingerprint density at radius 2 is 1.97 bits per heavy atom. The van der Waals surface area contributed by atoms with Gasteiger partial charge in [0, 0.05) is 52.1 Å². The van der Waals surface area contributed by atoms with Gasteiger partial charge >= 0.3 is 0 Å². The predicted octanol–water partition coefficient (Wildman–Crippen LogP) is 2.38. The van der Waals surface area contributed by atoms with Crippen LogP contribution in [-0.2, 0) is 25.9 Å². The summed E-state index contributed by atoms with van der Waals surface area (Å²) in [5.41, 5.74) is 1.39. The van der Waals surface area contributed by atoms with E-state index < -0.39 is 0 Å². The van der Waals surface area contributed by atoms with Gasteiger partial charge in [-0.05, 0) is 37.8 Å². The lowest BCUT2D eigenvalue weighted by Crippen LogP contribution is -2.45. The van der Waals surface area contributed by atoms with Crippen molar-refractivity contribution in [1.29, 1.82) is 0 Å². The van der Waals surface area contributed by atoms with Crippen LogP contribution in [0.1, 0.15) is 49.3 Å². The van der Waals surface area contributed by atoms with E-state index in [0.29, 0.717) is 6.04 Å². The monoisotopic (exact) mass is 409 g/mol. The van der Waals surface area contributed by atoms with Crippen LogP contribution >= 0.6 is 0 Å². The Balaban J connectivity index is 1.23. The maximum Gasteiger partial charge on any atom is 0.191 e. The fraction of sp³-hybridized carbons (Fsp3) is 0.609. The molecule has 7 heteroatoms. The number of nitrogens with zero attached hydrogens (tertiary/aromatic N) is 5. The highest BCUT2D eigenvalue weighted by atomic mass is 15.3. The fourth-order valence-corrected chi connectivity index (χ4v) is 4.61. The molecule has 30 heavy (non-hydrogen) atoms. The number of aliphatic imine (C=N–C) groups is 1. The molecule has 0 radical (unpaired) electrons. The molecule has 0 bridgehead atoms. The number of nitrogens with one attached hydrogen (secondary N) is 2. The average Bonchev–Trinajstić information content (AvgIpc) is 3.30. The van der Waals surface area contributed by atoms with Crippen LogP contribution in [0, 0.1) is 0 Å². The Bertz CT molecular complexity index is 814. The average molecular weight is 410 g/mol. The van der Waals surface area contributed by atoms with Crippen molar-refractivity contribution in [2.75, 3.05) is 26.7 Å². The van der Waals surface area contributed by atoms with E-state index in [0.717, 1.165) is 56.6 Å². The first kappa shape index (κ1) is 20.8. The zero-order valence-electron chi connectivity index (χ0n) is 18.2. The number of hydrogen-bond donors (Lipinski definition) is 2. The summed E-state index contributed by atoms with van der Waals surface area (Å²) in [6.45, 7) is 5.00. The van der Waals surface area contributed by atoms with E-state index in [1.54, 1.807) is 0 Å². The van der Waals surface area contributed by atoms with Crippen molar-refractivity contribution in [3.63, 3.8) is 0 Å². The number of aromatic nitrogens is 3. The van der Waals surface area contributed by atoms with Crippen LogP contribution < -0.4 is 10.6 Å². The van der Waals surface area contributed by atoms with Crippen LogP contribution in [0.25, 0.3) is 0 Å². The maximum atomic E-state index is 4.43. The molecule has 3 heterocycles. The second kappa shape index (κ2) is 10.6. The highest BCUT2D eigenvalue weighted by Gasteiger charge is 2.24. The number of fused-ring (bicyclic) bond motifs is 1. The lowest BCUT2D eigenvalue weighted by molar-refractivity contribution is 0.245. The number of rotatable bonds is 7. The number of guanidine groups is 1. The standard InChI is InChI=1S/C23H35N7/c1-24-23(25-14-13-22-28-27-21-12-6-3-7-16-30(21)22)26-17-20-11-8-15-29(20)18-19-9-4-2-5-10-19/h2,4-5,9-10,20H,3,6-8,11-18H2,1H3,(H2,24,25,26). The highest BCUT2D eigenvalue weighted by molar-refractivity contribution is 5.79. The molecule has 1 saturated heterocycles. The van der Waals surface area contributed by atoms with E-state index in [1.165, 1.54) is 44.2 Å². The first-order chi connectivity index (χ1) is 14.8. The Labute approximate surface area is 180 Å². The van der Waals surface area contributed by atoms with Gasteiger partial charge in [0.05, 0.1) is 0 Å². The second-order valence-electron chi connectivity index (χ2n) is 8.38. The Kier molecular flexibility index (Phi) is 7.34. The molecule has 2 aliphatic rings. The van der Waals surface area contributed by atoms with Crippen LogP contribution in [0.2, 0.25) is 0 Å². The van der Waals surface area contributed by atoms with Crippen molar-refractivity contribution in [3.8, 4) is 0 Å². The zero-order valence-corrected chi connectivity index (χ0v) is 18.2. The van der Waals surface area contributed by atoms with Gasteiger partial charge in [-0.1, -0.05) is 36.8 Å². The van der Waals surface area contributed by atoms with Crippen molar-refractivity contribution >= 4 is 5.96 Å². The van der Waals surface area contributed by atoms with Crippen molar-refractivity contribution in [1.82, 2.24) is 30.3 Å². The molecule has 1 atom stereocenters. The van der Waals surface area contributed by atoms with Gasteiger partial charge in [-0.3, -0.25) is 9.89 Å². The lowest BCUT2D eigenvalue weighted by Gasteiger charge is -2.25. The molecule has 1 unspecified atom stereocenters. The van der Waals surface area contributed by atoms with Gasteiger partial charge in [0.15, 0.2) is 5.96 Å². The zero-order chi connectivity index (χ0) is 20.6. The molecule has 0 aliphatic carbocycles. The van der Waals surface area contributed by atoms with Gasteiger partial charge in [0.25, 0.3) is 0 Å². The van der Waals surface area contributed by atoms with Gasteiger partial charge in [0.1, 0.15) is 11.6 Å². The topological polar surface area (TPSA) is 70.4 Å². The molecule has 7 nitrogen and oxygen atoms in total. The van der Waals surface area contributed by atoms with Crippen molar-refractivity contribution in [2.45, 2.75) is 64.1 Å². The second-order valence-corrected chi connectivity index (χ2v) is 8.38. The predicted molar refractivity (Wildman–Crippen MR) is 121 cm³/mol. The minimum atomic E-state index is 0.552. The normalized spacial score (nSPS) is 20.0. The maximum absolute atomic E-state index is 4.43. The summed E-state index contributed by atoms with van der Waals surface area (Å²) in [7, 11) is 1.84. The van der Waals surface area contributed by atoms with E-state index in [1.807, 2.05) is 7.05 Å². The minimum Gasteiger partial charge on any atom is -0.356 e.